The van der Waals surface area contributed by atoms with Crippen molar-refractivity contribution >= 4 is 17.5 Å². The predicted octanol–water partition coefficient (Wildman–Crippen LogP) is 1.95. The molecule has 3 nitrogen and oxygen atoms in total. The van der Waals surface area contributed by atoms with Crippen LogP contribution in [-0.2, 0) is 0 Å². The monoisotopic (exact) mass is 244 g/mol. The standard InChI is InChI=1S/C11H14ClFN2O/c1-2-8(6-14)15-11(16)7-3-4-10(13)9(12)5-7/h3-5,8H,2,6,14H2,1H3,(H,15,16). The summed E-state index contributed by atoms with van der Waals surface area (Å²) >= 11 is 5.58. The van der Waals surface area contributed by atoms with Gasteiger partial charge in [0.2, 0.25) is 0 Å². The third kappa shape index (κ3) is 3.18. The average molecular weight is 245 g/mol. The number of rotatable bonds is 4. The third-order valence-electron chi connectivity index (χ3n) is 2.29. The Morgan fingerprint density at radius 2 is 2.31 bits per heavy atom. The molecule has 0 aliphatic carbocycles. The first-order chi connectivity index (χ1) is 7.58. The maximum Gasteiger partial charge on any atom is 0.251 e. The fourth-order valence-corrected chi connectivity index (χ4v) is 1.41. The highest BCUT2D eigenvalue weighted by Gasteiger charge is 2.12. The molecule has 0 bridgehead atoms. The van der Waals surface area contributed by atoms with Crippen molar-refractivity contribution in [2.75, 3.05) is 6.54 Å². The average Bonchev–Trinajstić information content (AvgIpc) is 2.29. The zero-order valence-corrected chi connectivity index (χ0v) is 9.72. The summed E-state index contributed by atoms with van der Waals surface area (Å²) < 4.78 is 12.9. The largest absolute Gasteiger partial charge is 0.348 e. The number of nitrogens with one attached hydrogen (secondary N) is 1. The van der Waals surface area contributed by atoms with Gasteiger partial charge in [-0.1, -0.05) is 18.5 Å². The van der Waals surface area contributed by atoms with Crippen LogP contribution < -0.4 is 11.1 Å². The second kappa shape index (κ2) is 5.82. The molecule has 0 aliphatic heterocycles. The normalized spacial score (nSPS) is 12.2. The summed E-state index contributed by atoms with van der Waals surface area (Å²) in [6.07, 6.45) is 0.747. The van der Waals surface area contributed by atoms with E-state index in [4.69, 9.17) is 17.3 Å². The Morgan fingerprint density at radius 3 is 2.81 bits per heavy atom. The summed E-state index contributed by atoms with van der Waals surface area (Å²) in [5.74, 6) is -0.830. The first-order valence-corrected chi connectivity index (χ1v) is 5.42. The van der Waals surface area contributed by atoms with Crippen LogP contribution in [0.25, 0.3) is 0 Å². The lowest BCUT2D eigenvalue weighted by Gasteiger charge is -2.14. The summed E-state index contributed by atoms with van der Waals surface area (Å²) in [5, 5.41) is 2.67. The van der Waals surface area contributed by atoms with Gasteiger partial charge in [0.05, 0.1) is 5.02 Å². The molecule has 0 saturated heterocycles. The quantitative estimate of drug-likeness (QED) is 0.851. The summed E-state index contributed by atoms with van der Waals surface area (Å²) in [7, 11) is 0. The Balaban J connectivity index is 2.76. The lowest BCUT2D eigenvalue weighted by molar-refractivity contribution is 0.0937. The zero-order chi connectivity index (χ0) is 12.1. The fraction of sp³-hybridized carbons (Fsp3) is 0.364. The highest BCUT2D eigenvalue weighted by Crippen LogP contribution is 2.15. The highest BCUT2D eigenvalue weighted by molar-refractivity contribution is 6.31. The maximum absolute atomic E-state index is 12.9. The molecule has 5 heteroatoms. The minimum Gasteiger partial charge on any atom is -0.348 e. The van der Waals surface area contributed by atoms with Gasteiger partial charge in [0, 0.05) is 18.2 Å². The highest BCUT2D eigenvalue weighted by atomic mass is 35.5. The molecule has 1 atom stereocenters. The van der Waals surface area contributed by atoms with Gasteiger partial charge in [-0.2, -0.15) is 0 Å². The number of carbonyl (C=O) groups excluding carboxylic acids is 1. The first-order valence-electron chi connectivity index (χ1n) is 5.04. The van der Waals surface area contributed by atoms with E-state index in [0.29, 0.717) is 12.1 Å². The molecule has 0 aromatic heterocycles. The van der Waals surface area contributed by atoms with Gasteiger partial charge in [-0.05, 0) is 24.6 Å². The van der Waals surface area contributed by atoms with Gasteiger partial charge in [-0.15, -0.1) is 0 Å². The number of nitrogens with two attached hydrogens (primary N) is 1. The van der Waals surface area contributed by atoms with E-state index >= 15 is 0 Å². The number of benzene rings is 1. The van der Waals surface area contributed by atoms with E-state index in [1.807, 2.05) is 6.92 Å². The third-order valence-corrected chi connectivity index (χ3v) is 2.58. The molecular formula is C11H14ClFN2O. The molecule has 1 aromatic rings. The van der Waals surface area contributed by atoms with Crippen molar-refractivity contribution in [2.45, 2.75) is 19.4 Å². The lowest BCUT2D eigenvalue weighted by atomic mass is 10.1. The summed E-state index contributed by atoms with van der Waals surface area (Å²) in [5.41, 5.74) is 5.79. The van der Waals surface area contributed by atoms with E-state index in [9.17, 15) is 9.18 Å². The van der Waals surface area contributed by atoms with Crippen molar-refractivity contribution in [1.29, 1.82) is 0 Å². The van der Waals surface area contributed by atoms with Crippen LogP contribution in [0.15, 0.2) is 18.2 Å². The van der Waals surface area contributed by atoms with Crippen molar-refractivity contribution in [2.24, 2.45) is 5.73 Å². The van der Waals surface area contributed by atoms with Crippen LogP contribution in [0.2, 0.25) is 5.02 Å². The summed E-state index contributed by atoms with van der Waals surface area (Å²) in [6, 6.07) is 3.78. The molecule has 0 aliphatic rings. The van der Waals surface area contributed by atoms with Crippen LogP contribution in [0.1, 0.15) is 23.7 Å². The van der Waals surface area contributed by atoms with Crippen LogP contribution in [0.4, 0.5) is 4.39 Å². The Hall–Kier alpha value is -1.13. The van der Waals surface area contributed by atoms with Gasteiger partial charge >= 0.3 is 0 Å². The maximum atomic E-state index is 12.9. The first kappa shape index (κ1) is 12.9. The molecule has 1 unspecified atom stereocenters. The van der Waals surface area contributed by atoms with Gasteiger partial charge in [-0.25, -0.2) is 4.39 Å². The SMILES string of the molecule is CCC(CN)NC(=O)c1ccc(F)c(Cl)c1. The van der Waals surface area contributed by atoms with Gasteiger partial charge in [0.15, 0.2) is 0 Å². The lowest BCUT2D eigenvalue weighted by Crippen LogP contribution is -2.39. The van der Waals surface area contributed by atoms with Crippen molar-refractivity contribution in [3.8, 4) is 0 Å². The van der Waals surface area contributed by atoms with E-state index in [1.54, 1.807) is 0 Å². The molecule has 88 valence electrons. The molecule has 1 amide bonds. The Labute approximate surface area is 98.8 Å². The number of halogens is 2. The van der Waals surface area contributed by atoms with Crippen molar-refractivity contribution < 1.29 is 9.18 Å². The molecule has 0 heterocycles. The molecule has 0 saturated carbocycles. The molecule has 1 rings (SSSR count). The van der Waals surface area contributed by atoms with Gasteiger partial charge in [0.1, 0.15) is 5.82 Å². The summed E-state index contributed by atoms with van der Waals surface area (Å²) in [6.45, 7) is 2.30. The van der Waals surface area contributed by atoms with E-state index in [0.717, 1.165) is 6.42 Å². The van der Waals surface area contributed by atoms with Crippen molar-refractivity contribution in [3.05, 3.63) is 34.6 Å². The second-order valence-electron chi connectivity index (χ2n) is 3.44. The molecule has 0 radical (unpaired) electrons. The van der Waals surface area contributed by atoms with E-state index in [1.165, 1.54) is 18.2 Å². The van der Waals surface area contributed by atoms with Gasteiger partial charge < -0.3 is 11.1 Å². The molecule has 16 heavy (non-hydrogen) atoms. The zero-order valence-electron chi connectivity index (χ0n) is 8.97. The Morgan fingerprint density at radius 1 is 1.62 bits per heavy atom. The predicted molar refractivity (Wildman–Crippen MR) is 62.0 cm³/mol. The van der Waals surface area contributed by atoms with Crippen molar-refractivity contribution in [3.63, 3.8) is 0 Å². The Kier molecular flexibility index (Phi) is 4.71. The minimum absolute atomic E-state index is 0.0616. The van der Waals surface area contributed by atoms with Crippen molar-refractivity contribution in [1.82, 2.24) is 5.32 Å². The van der Waals surface area contributed by atoms with Crippen LogP contribution in [0.5, 0.6) is 0 Å². The number of hydrogen-bond donors (Lipinski definition) is 2. The van der Waals surface area contributed by atoms with E-state index in [2.05, 4.69) is 5.32 Å². The van der Waals surface area contributed by atoms with Gasteiger partial charge in [-0.3, -0.25) is 4.79 Å². The molecule has 0 fully saturated rings. The van der Waals surface area contributed by atoms with Crippen LogP contribution in [0, 0.1) is 5.82 Å². The van der Waals surface area contributed by atoms with E-state index < -0.39 is 5.82 Å². The summed E-state index contributed by atoms with van der Waals surface area (Å²) in [4.78, 5) is 11.7. The molecule has 1 aromatic carbocycles. The molecule has 0 spiro atoms. The number of carbonyl (C=O) groups is 1. The fourth-order valence-electron chi connectivity index (χ4n) is 1.23. The minimum atomic E-state index is -0.538. The molecular weight excluding hydrogens is 231 g/mol. The smallest absolute Gasteiger partial charge is 0.251 e. The Bertz CT molecular complexity index is 380. The van der Waals surface area contributed by atoms with Gasteiger partial charge in [0.25, 0.3) is 5.91 Å². The van der Waals surface area contributed by atoms with E-state index in [-0.39, 0.29) is 17.0 Å². The van der Waals surface area contributed by atoms with Crippen LogP contribution >= 0.6 is 11.6 Å². The number of amides is 1. The topological polar surface area (TPSA) is 55.1 Å². The molecule has 3 N–H and O–H groups in total. The second-order valence-corrected chi connectivity index (χ2v) is 3.85. The van der Waals surface area contributed by atoms with Crippen LogP contribution in [0.3, 0.4) is 0 Å². The van der Waals surface area contributed by atoms with Crippen LogP contribution in [-0.4, -0.2) is 18.5 Å². The number of hydrogen-bond acceptors (Lipinski definition) is 2.